The number of ether oxygens (including phenoxy) is 3. The first kappa shape index (κ1) is 20.3. The minimum Gasteiger partial charge on any atom is -0.493 e. The first-order valence-corrected chi connectivity index (χ1v) is 8.81. The van der Waals surface area contributed by atoms with Crippen molar-refractivity contribution in [1.82, 2.24) is 0 Å². The predicted octanol–water partition coefficient (Wildman–Crippen LogP) is 3.65. The zero-order valence-electron chi connectivity index (χ0n) is 15.7. The molecule has 6 nitrogen and oxygen atoms in total. The molecule has 1 aliphatic rings. The van der Waals surface area contributed by atoms with Crippen molar-refractivity contribution in [3.8, 4) is 11.8 Å². The molecule has 0 bridgehead atoms. The van der Waals surface area contributed by atoms with Gasteiger partial charge in [-0.3, -0.25) is 0 Å². The predicted molar refractivity (Wildman–Crippen MR) is 96.8 cm³/mol. The van der Waals surface area contributed by atoms with Crippen molar-refractivity contribution in [3.05, 3.63) is 52.4 Å². The van der Waals surface area contributed by atoms with E-state index in [1.165, 1.54) is 12.1 Å². The molecule has 0 amide bonds. The lowest BCUT2D eigenvalue weighted by Gasteiger charge is -2.27. The van der Waals surface area contributed by atoms with Gasteiger partial charge in [0, 0.05) is 6.07 Å². The number of halogens is 1. The smallest absolute Gasteiger partial charge is 0.338 e. The Morgan fingerprint density at radius 3 is 2.74 bits per heavy atom. The van der Waals surface area contributed by atoms with Crippen LogP contribution in [0.2, 0.25) is 0 Å². The van der Waals surface area contributed by atoms with Gasteiger partial charge in [-0.2, -0.15) is 5.26 Å². The number of hydrogen-bond acceptors (Lipinski definition) is 6. The number of hydrogen-bond donors (Lipinski definition) is 1. The maximum absolute atomic E-state index is 14.2. The Kier molecular flexibility index (Phi) is 6.83. The maximum atomic E-state index is 14.2. The Bertz CT molecular complexity index is 824. The summed E-state index contributed by atoms with van der Waals surface area (Å²) in [6.07, 6.45) is 1.77. The van der Waals surface area contributed by atoms with Crippen molar-refractivity contribution in [2.24, 2.45) is 5.73 Å². The van der Waals surface area contributed by atoms with Gasteiger partial charge in [-0.15, -0.1) is 0 Å². The second-order valence-corrected chi connectivity index (χ2v) is 6.04. The SMILES string of the molecule is CCCCOc1cc(F)cc(C2C(C#N)=C(N)OC(C)=C2C(=O)OCC)c1. The molecule has 27 heavy (non-hydrogen) atoms. The topological polar surface area (TPSA) is 94.6 Å². The number of esters is 1. The monoisotopic (exact) mass is 374 g/mol. The van der Waals surface area contributed by atoms with Gasteiger partial charge in [-0.05, 0) is 38.0 Å². The highest BCUT2D eigenvalue weighted by Gasteiger charge is 2.36. The fraction of sp³-hybridized carbons (Fsp3) is 0.400. The van der Waals surface area contributed by atoms with E-state index in [9.17, 15) is 14.4 Å². The van der Waals surface area contributed by atoms with Crippen molar-refractivity contribution in [2.45, 2.75) is 39.5 Å². The molecule has 0 aliphatic carbocycles. The summed E-state index contributed by atoms with van der Waals surface area (Å²) in [5.74, 6) is -1.66. The van der Waals surface area contributed by atoms with Gasteiger partial charge in [0.25, 0.3) is 0 Å². The highest BCUT2D eigenvalue weighted by molar-refractivity contribution is 5.92. The largest absolute Gasteiger partial charge is 0.493 e. The van der Waals surface area contributed by atoms with Crippen molar-refractivity contribution >= 4 is 5.97 Å². The molecule has 2 rings (SSSR count). The Hall–Kier alpha value is -3.01. The summed E-state index contributed by atoms with van der Waals surface area (Å²) in [4.78, 5) is 12.5. The average Bonchev–Trinajstić information content (AvgIpc) is 2.61. The van der Waals surface area contributed by atoms with E-state index in [0.717, 1.165) is 12.8 Å². The van der Waals surface area contributed by atoms with E-state index < -0.39 is 17.7 Å². The van der Waals surface area contributed by atoms with Crippen LogP contribution in [0.1, 0.15) is 45.1 Å². The third-order valence-electron chi connectivity index (χ3n) is 4.09. The average molecular weight is 374 g/mol. The minimum absolute atomic E-state index is 0.0220. The van der Waals surface area contributed by atoms with Crippen molar-refractivity contribution in [3.63, 3.8) is 0 Å². The summed E-state index contributed by atoms with van der Waals surface area (Å²) in [5, 5.41) is 9.55. The number of allylic oxidation sites excluding steroid dienone is 2. The van der Waals surface area contributed by atoms with Gasteiger partial charge in [0.15, 0.2) is 0 Å². The van der Waals surface area contributed by atoms with E-state index in [1.54, 1.807) is 19.9 Å². The normalized spacial score (nSPS) is 16.6. The number of nitriles is 1. The molecule has 0 fully saturated rings. The summed E-state index contributed by atoms with van der Waals surface area (Å²) in [5.41, 5.74) is 6.35. The molecule has 0 aromatic heterocycles. The second-order valence-electron chi connectivity index (χ2n) is 6.04. The number of carbonyl (C=O) groups is 1. The van der Waals surface area contributed by atoms with E-state index in [4.69, 9.17) is 19.9 Å². The van der Waals surface area contributed by atoms with Crippen LogP contribution in [0.5, 0.6) is 5.75 Å². The number of rotatable bonds is 7. The van der Waals surface area contributed by atoms with Gasteiger partial charge in [-0.25, -0.2) is 9.18 Å². The van der Waals surface area contributed by atoms with Gasteiger partial charge >= 0.3 is 5.97 Å². The summed E-state index contributed by atoms with van der Waals surface area (Å²) >= 11 is 0. The maximum Gasteiger partial charge on any atom is 0.338 e. The molecular formula is C20H23FN2O4. The number of unbranched alkanes of at least 4 members (excludes halogenated alkanes) is 1. The lowest BCUT2D eigenvalue weighted by atomic mass is 9.83. The van der Waals surface area contributed by atoms with Gasteiger partial charge < -0.3 is 19.9 Å². The van der Waals surface area contributed by atoms with Crippen molar-refractivity contribution in [1.29, 1.82) is 5.26 Å². The van der Waals surface area contributed by atoms with Gasteiger partial charge in [-0.1, -0.05) is 13.3 Å². The highest BCUT2D eigenvalue weighted by Crippen LogP contribution is 2.40. The summed E-state index contributed by atoms with van der Waals surface area (Å²) in [6.45, 7) is 5.84. The van der Waals surface area contributed by atoms with Crippen LogP contribution in [-0.2, 0) is 14.3 Å². The zero-order valence-corrected chi connectivity index (χ0v) is 15.7. The fourth-order valence-electron chi connectivity index (χ4n) is 2.86. The first-order valence-electron chi connectivity index (χ1n) is 8.81. The Morgan fingerprint density at radius 1 is 1.37 bits per heavy atom. The molecule has 0 saturated heterocycles. The van der Waals surface area contributed by atoms with Crippen LogP contribution in [0.3, 0.4) is 0 Å². The fourth-order valence-corrected chi connectivity index (χ4v) is 2.86. The third kappa shape index (κ3) is 4.59. The second kappa shape index (κ2) is 9.08. The van der Waals surface area contributed by atoms with Gasteiger partial charge in [0.1, 0.15) is 29.0 Å². The lowest BCUT2D eigenvalue weighted by Crippen LogP contribution is -2.25. The van der Waals surface area contributed by atoms with Crippen LogP contribution in [-0.4, -0.2) is 19.2 Å². The molecule has 2 N–H and O–H groups in total. The lowest BCUT2D eigenvalue weighted by molar-refractivity contribution is -0.139. The molecule has 1 aliphatic heterocycles. The first-order chi connectivity index (χ1) is 12.9. The molecule has 144 valence electrons. The van der Waals surface area contributed by atoms with Gasteiger partial charge in [0.05, 0.1) is 24.7 Å². The summed E-state index contributed by atoms with van der Waals surface area (Å²) in [7, 11) is 0. The van der Waals surface area contributed by atoms with Crippen LogP contribution in [0.15, 0.2) is 41.0 Å². The quantitative estimate of drug-likeness (QED) is 0.578. The Labute approximate surface area is 158 Å². The van der Waals surface area contributed by atoms with E-state index in [1.807, 2.05) is 13.0 Å². The molecule has 1 aromatic rings. The molecule has 0 saturated carbocycles. The number of benzene rings is 1. The molecular weight excluding hydrogens is 351 g/mol. The van der Waals surface area contributed by atoms with Crippen LogP contribution in [0, 0.1) is 17.1 Å². The molecule has 0 spiro atoms. The van der Waals surface area contributed by atoms with Crippen LogP contribution in [0.25, 0.3) is 0 Å². The summed E-state index contributed by atoms with van der Waals surface area (Å²) < 4.78 is 30.3. The van der Waals surface area contributed by atoms with Crippen LogP contribution < -0.4 is 10.5 Å². The molecule has 1 heterocycles. The number of nitrogens with two attached hydrogens (primary N) is 1. The molecule has 1 atom stereocenters. The van der Waals surface area contributed by atoms with E-state index in [2.05, 4.69) is 0 Å². The number of carbonyl (C=O) groups excluding carboxylic acids is 1. The standard InChI is InChI=1S/C20H23FN2O4/c1-4-6-7-26-15-9-13(8-14(21)10-15)18-16(11-22)19(23)27-12(3)17(18)20(24)25-5-2/h8-10,18H,4-7,23H2,1-3H3. The molecule has 1 unspecified atom stereocenters. The van der Waals surface area contributed by atoms with E-state index in [-0.39, 0.29) is 29.4 Å². The Balaban J connectivity index is 2.54. The highest BCUT2D eigenvalue weighted by atomic mass is 19.1. The molecule has 7 heteroatoms. The molecule has 1 aromatic carbocycles. The third-order valence-corrected chi connectivity index (χ3v) is 4.09. The molecule has 0 radical (unpaired) electrons. The minimum atomic E-state index is -0.896. The van der Waals surface area contributed by atoms with Crippen LogP contribution >= 0.6 is 0 Å². The van der Waals surface area contributed by atoms with Crippen molar-refractivity contribution in [2.75, 3.05) is 13.2 Å². The summed E-state index contributed by atoms with van der Waals surface area (Å²) in [6, 6.07) is 6.08. The van der Waals surface area contributed by atoms with Crippen molar-refractivity contribution < 1.29 is 23.4 Å². The van der Waals surface area contributed by atoms with E-state index >= 15 is 0 Å². The van der Waals surface area contributed by atoms with Gasteiger partial charge in [0.2, 0.25) is 5.88 Å². The number of nitrogens with zero attached hydrogens (tertiary/aromatic N) is 1. The zero-order chi connectivity index (χ0) is 20.0. The van der Waals surface area contributed by atoms with Crippen LogP contribution in [0.4, 0.5) is 4.39 Å². The van der Waals surface area contributed by atoms with E-state index in [0.29, 0.717) is 17.9 Å². The Morgan fingerprint density at radius 2 is 2.11 bits per heavy atom.